The van der Waals surface area contributed by atoms with Gasteiger partial charge in [0.2, 0.25) is 5.91 Å². The van der Waals surface area contributed by atoms with Crippen LogP contribution in [0.3, 0.4) is 0 Å². The van der Waals surface area contributed by atoms with Crippen molar-refractivity contribution in [1.82, 2.24) is 10.2 Å². The minimum Gasteiger partial charge on any atom is -0.480 e. The Balaban J connectivity index is 4.63. The number of ether oxygens (including phenoxy) is 2. The Morgan fingerprint density at radius 3 is 2.37 bits per heavy atom. The number of rotatable bonds is 10. The fourth-order valence-corrected chi connectivity index (χ4v) is 1.71. The van der Waals surface area contributed by atoms with Crippen LogP contribution in [0.5, 0.6) is 0 Å². The van der Waals surface area contributed by atoms with Crippen LogP contribution in [0.2, 0.25) is 0 Å². The maximum absolute atomic E-state index is 11.1. The van der Waals surface area contributed by atoms with Crippen LogP contribution in [-0.4, -0.2) is 74.5 Å². The summed E-state index contributed by atoms with van der Waals surface area (Å²) in [6.07, 6.45) is 0. The average Bonchev–Trinajstić information content (AvgIpc) is 2.32. The molecule has 7 heteroatoms. The van der Waals surface area contributed by atoms with Gasteiger partial charge in [-0.15, -0.1) is 0 Å². The number of hydrogen-bond donors (Lipinski definition) is 2. The molecule has 7 nitrogen and oxygen atoms in total. The second-order valence-electron chi connectivity index (χ2n) is 4.38. The molecule has 0 aromatic heterocycles. The number of carbonyl (C=O) groups excluding carboxylic acids is 1. The summed E-state index contributed by atoms with van der Waals surface area (Å²) in [5, 5.41) is 11.5. The number of nitrogens with one attached hydrogen (secondary N) is 1. The molecule has 0 aromatic carbocycles. The predicted molar refractivity (Wildman–Crippen MR) is 70.0 cm³/mol. The van der Waals surface area contributed by atoms with Crippen molar-refractivity contribution in [3.05, 3.63) is 0 Å². The largest absolute Gasteiger partial charge is 0.480 e. The Morgan fingerprint density at radius 2 is 1.95 bits per heavy atom. The van der Waals surface area contributed by atoms with E-state index >= 15 is 0 Å². The third-order valence-electron chi connectivity index (χ3n) is 2.71. The SMILES string of the molecule is COCCN(CC(NC(C)=O)C(=O)O)C(C)COC. The Labute approximate surface area is 113 Å². The van der Waals surface area contributed by atoms with Gasteiger partial charge in [-0.1, -0.05) is 0 Å². The number of carboxylic acids is 1. The van der Waals surface area contributed by atoms with Crippen LogP contribution in [0.4, 0.5) is 0 Å². The number of carbonyl (C=O) groups is 2. The lowest BCUT2D eigenvalue weighted by Crippen LogP contribution is -2.51. The molecule has 0 bridgehead atoms. The number of hydrogen-bond acceptors (Lipinski definition) is 5. The molecule has 0 rings (SSSR count). The van der Waals surface area contributed by atoms with Crippen LogP contribution in [-0.2, 0) is 19.1 Å². The first-order valence-corrected chi connectivity index (χ1v) is 6.14. The summed E-state index contributed by atoms with van der Waals surface area (Å²) in [5.41, 5.74) is 0. The van der Waals surface area contributed by atoms with Crippen molar-refractivity contribution in [3.63, 3.8) is 0 Å². The van der Waals surface area contributed by atoms with Gasteiger partial charge in [-0.05, 0) is 6.92 Å². The van der Waals surface area contributed by atoms with Crippen LogP contribution in [0.25, 0.3) is 0 Å². The van der Waals surface area contributed by atoms with Gasteiger partial charge in [0.1, 0.15) is 6.04 Å². The van der Waals surface area contributed by atoms with Crippen molar-refractivity contribution in [2.45, 2.75) is 25.9 Å². The maximum Gasteiger partial charge on any atom is 0.327 e. The summed E-state index contributed by atoms with van der Waals surface area (Å²) in [7, 11) is 3.18. The van der Waals surface area contributed by atoms with Crippen molar-refractivity contribution in [2.24, 2.45) is 0 Å². The molecule has 2 atom stereocenters. The lowest BCUT2D eigenvalue weighted by atomic mass is 10.2. The van der Waals surface area contributed by atoms with E-state index in [1.54, 1.807) is 14.2 Å². The first-order chi connectivity index (χ1) is 8.92. The van der Waals surface area contributed by atoms with Crippen LogP contribution in [0.15, 0.2) is 0 Å². The summed E-state index contributed by atoms with van der Waals surface area (Å²) in [4.78, 5) is 24.0. The molecule has 0 saturated carbocycles. The Morgan fingerprint density at radius 1 is 1.32 bits per heavy atom. The molecule has 0 fully saturated rings. The molecule has 0 saturated heterocycles. The minimum atomic E-state index is -1.05. The summed E-state index contributed by atoms with van der Waals surface area (Å²) in [6, 6.07) is -0.899. The number of carboxylic acid groups (broad SMARTS) is 1. The fraction of sp³-hybridized carbons (Fsp3) is 0.833. The van der Waals surface area contributed by atoms with Gasteiger partial charge < -0.3 is 19.9 Å². The summed E-state index contributed by atoms with van der Waals surface area (Å²) < 4.78 is 10.1. The Kier molecular flexibility index (Phi) is 9.11. The first kappa shape index (κ1) is 17.8. The third kappa shape index (κ3) is 7.76. The van der Waals surface area contributed by atoms with Crippen LogP contribution in [0.1, 0.15) is 13.8 Å². The smallest absolute Gasteiger partial charge is 0.327 e. The molecular formula is C12H24N2O5. The first-order valence-electron chi connectivity index (χ1n) is 6.14. The van der Waals surface area contributed by atoms with E-state index in [9.17, 15) is 9.59 Å². The average molecular weight is 276 g/mol. The highest BCUT2D eigenvalue weighted by Gasteiger charge is 2.24. The van der Waals surface area contributed by atoms with Gasteiger partial charge in [-0.25, -0.2) is 4.79 Å². The molecule has 0 aromatic rings. The van der Waals surface area contributed by atoms with Crippen LogP contribution < -0.4 is 5.32 Å². The number of aliphatic carboxylic acids is 1. The highest BCUT2D eigenvalue weighted by atomic mass is 16.5. The number of amides is 1. The molecule has 0 spiro atoms. The van der Waals surface area contributed by atoms with Crippen molar-refractivity contribution in [1.29, 1.82) is 0 Å². The van der Waals surface area contributed by atoms with E-state index in [0.717, 1.165) is 0 Å². The molecule has 0 radical (unpaired) electrons. The second-order valence-corrected chi connectivity index (χ2v) is 4.38. The third-order valence-corrected chi connectivity index (χ3v) is 2.71. The molecule has 2 unspecified atom stereocenters. The van der Waals surface area contributed by atoms with Crippen LogP contribution in [0, 0.1) is 0 Å². The zero-order valence-corrected chi connectivity index (χ0v) is 12.0. The van der Waals surface area contributed by atoms with Gasteiger partial charge in [-0.3, -0.25) is 9.69 Å². The number of methoxy groups -OCH3 is 2. The van der Waals surface area contributed by atoms with E-state index in [4.69, 9.17) is 14.6 Å². The molecule has 112 valence electrons. The molecule has 0 aliphatic heterocycles. The molecule has 0 aliphatic carbocycles. The van der Waals surface area contributed by atoms with Gasteiger partial charge in [-0.2, -0.15) is 0 Å². The van der Waals surface area contributed by atoms with Crippen molar-refractivity contribution in [3.8, 4) is 0 Å². The molecule has 2 N–H and O–H groups in total. The molecule has 19 heavy (non-hydrogen) atoms. The molecule has 0 heterocycles. The second kappa shape index (κ2) is 9.71. The van der Waals surface area contributed by atoms with E-state index in [-0.39, 0.29) is 18.5 Å². The van der Waals surface area contributed by atoms with Gasteiger partial charge in [0.25, 0.3) is 0 Å². The van der Waals surface area contributed by atoms with Crippen LogP contribution >= 0.6 is 0 Å². The summed E-state index contributed by atoms with van der Waals surface area (Å²) in [6.45, 7) is 4.99. The van der Waals surface area contributed by atoms with Crippen molar-refractivity contribution >= 4 is 11.9 Å². The topological polar surface area (TPSA) is 88.1 Å². The van der Waals surface area contributed by atoms with E-state index in [1.807, 2.05) is 11.8 Å². The Hall–Kier alpha value is -1.18. The quantitative estimate of drug-likeness (QED) is 0.562. The van der Waals surface area contributed by atoms with E-state index in [1.165, 1.54) is 6.92 Å². The van der Waals surface area contributed by atoms with Crippen molar-refractivity contribution < 1.29 is 24.2 Å². The van der Waals surface area contributed by atoms with Gasteiger partial charge in [0.05, 0.1) is 13.2 Å². The number of nitrogens with zero attached hydrogens (tertiary/aromatic N) is 1. The minimum absolute atomic E-state index is 0.0377. The fourth-order valence-electron chi connectivity index (χ4n) is 1.71. The lowest BCUT2D eigenvalue weighted by molar-refractivity contribution is -0.142. The molecule has 1 amide bonds. The highest BCUT2D eigenvalue weighted by molar-refractivity contribution is 5.82. The predicted octanol–water partition coefficient (Wildman–Crippen LogP) is -0.441. The van der Waals surface area contributed by atoms with Gasteiger partial charge >= 0.3 is 5.97 Å². The van der Waals surface area contributed by atoms with E-state index < -0.39 is 12.0 Å². The maximum atomic E-state index is 11.1. The van der Waals surface area contributed by atoms with E-state index in [0.29, 0.717) is 19.8 Å². The molecular weight excluding hydrogens is 252 g/mol. The standard InChI is InChI=1S/C12H24N2O5/c1-9(8-19-4)14(5-6-18-3)7-11(12(16)17)13-10(2)15/h9,11H,5-8H2,1-4H3,(H,13,15)(H,16,17). The van der Waals surface area contributed by atoms with Gasteiger partial charge in [0.15, 0.2) is 0 Å². The zero-order valence-electron chi connectivity index (χ0n) is 12.0. The Bertz CT molecular complexity index is 285. The zero-order chi connectivity index (χ0) is 14.8. The normalized spacial score (nSPS) is 14.2. The van der Waals surface area contributed by atoms with Gasteiger partial charge in [0, 0.05) is 40.3 Å². The summed E-state index contributed by atoms with van der Waals surface area (Å²) >= 11 is 0. The summed E-state index contributed by atoms with van der Waals surface area (Å²) in [5.74, 6) is -1.42. The lowest BCUT2D eigenvalue weighted by Gasteiger charge is -2.30. The highest BCUT2D eigenvalue weighted by Crippen LogP contribution is 2.02. The van der Waals surface area contributed by atoms with E-state index in [2.05, 4.69) is 5.32 Å². The van der Waals surface area contributed by atoms with Crippen molar-refractivity contribution in [2.75, 3.05) is 40.5 Å². The monoisotopic (exact) mass is 276 g/mol. The molecule has 0 aliphatic rings.